The molecule has 0 saturated heterocycles. The Kier molecular flexibility index (Phi) is 4.89. The van der Waals surface area contributed by atoms with E-state index >= 15 is 0 Å². The third kappa shape index (κ3) is 3.95. The smallest absolute Gasteiger partial charge is 0.319 e. The lowest BCUT2D eigenvalue weighted by Gasteiger charge is -2.28. The van der Waals surface area contributed by atoms with E-state index in [9.17, 15) is 19.7 Å². The second kappa shape index (κ2) is 7.28. The van der Waals surface area contributed by atoms with Gasteiger partial charge < -0.3 is 16.0 Å². The molecule has 0 aliphatic carbocycles. The number of hydrogen-bond acceptors (Lipinski definition) is 4. The number of carbonyl (C=O) groups excluding carboxylic acids is 2. The Morgan fingerprint density at radius 2 is 1.89 bits per heavy atom. The number of urea groups is 1. The molecular formula is C19H18N4O4. The maximum Gasteiger partial charge on any atom is 0.319 e. The molecule has 3 N–H and O–H groups in total. The van der Waals surface area contributed by atoms with Crippen LogP contribution in [0.25, 0.3) is 0 Å². The maximum atomic E-state index is 12.9. The van der Waals surface area contributed by atoms with Gasteiger partial charge in [0.15, 0.2) is 0 Å². The van der Waals surface area contributed by atoms with Gasteiger partial charge in [-0.3, -0.25) is 14.9 Å². The van der Waals surface area contributed by atoms with E-state index in [0.717, 1.165) is 11.1 Å². The normalized spacial score (nSPS) is 16.4. The van der Waals surface area contributed by atoms with Crippen LogP contribution in [0.3, 0.4) is 0 Å². The second-order valence-electron chi connectivity index (χ2n) is 6.25. The number of nitrogens with zero attached hydrogens (tertiary/aromatic N) is 1. The van der Waals surface area contributed by atoms with E-state index in [2.05, 4.69) is 16.0 Å². The number of benzene rings is 2. The van der Waals surface area contributed by atoms with Crippen molar-refractivity contribution in [1.82, 2.24) is 10.6 Å². The third-order valence-corrected chi connectivity index (χ3v) is 4.20. The minimum Gasteiger partial charge on any atom is -0.327 e. The Morgan fingerprint density at radius 3 is 2.59 bits per heavy atom. The van der Waals surface area contributed by atoms with Crippen molar-refractivity contribution in [2.24, 2.45) is 0 Å². The van der Waals surface area contributed by atoms with Crippen LogP contribution in [-0.4, -0.2) is 16.9 Å². The fourth-order valence-electron chi connectivity index (χ4n) is 2.99. The number of allylic oxidation sites excluding steroid dienone is 1. The van der Waals surface area contributed by atoms with E-state index in [1.165, 1.54) is 18.2 Å². The predicted octanol–water partition coefficient (Wildman–Crippen LogP) is 3.17. The summed E-state index contributed by atoms with van der Waals surface area (Å²) in [5.74, 6) is -0.452. The summed E-state index contributed by atoms with van der Waals surface area (Å²) in [5, 5.41) is 19.0. The number of carbonyl (C=O) groups is 2. The molecule has 8 heteroatoms. The van der Waals surface area contributed by atoms with Crippen molar-refractivity contribution in [2.75, 3.05) is 5.32 Å². The van der Waals surface area contributed by atoms with Crippen LogP contribution in [0.4, 0.5) is 16.2 Å². The molecule has 8 nitrogen and oxygen atoms in total. The molecule has 27 heavy (non-hydrogen) atoms. The van der Waals surface area contributed by atoms with Gasteiger partial charge in [-0.2, -0.15) is 0 Å². The Labute approximate surface area is 155 Å². The molecule has 0 radical (unpaired) electrons. The summed E-state index contributed by atoms with van der Waals surface area (Å²) in [6.07, 6.45) is 0. The van der Waals surface area contributed by atoms with E-state index < -0.39 is 22.9 Å². The number of rotatable bonds is 4. The molecule has 1 atom stereocenters. The third-order valence-electron chi connectivity index (χ3n) is 4.20. The second-order valence-corrected chi connectivity index (χ2v) is 6.25. The zero-order chi connectivity index (χ0) is 19.6. The lowest BCUT2D eigenvalue weighted by Crippen LogP contribution is -2.46. The molecule has 2 aromatic rings. The highest BCUT2D eigenvalue weighted by molar-refractivity contribution is 6.06. The number of anilines is 1. The Hall–Kier alpha value is -3.68. The van der Waals surface area contributed by atoms with Gasteiger partial charge >= 0.3 is 6.03 Å². The molecule has 0 bridgehead atoms. The van der Waals surface area contributed by atoms with Gasteiger partial charge in [-0.1, -0.05) is 35.9 Å². The summed E-state index contributed by atoms with van der Waals surface area (Å²) < 4.78 is 0. The molecule has 1 aliphatic heterocycles. The highest BCUT2D eigenvalue weighted by atomic mass is 16.6. The van der Waals surface area contributed by atoms with E-state index in [1.54, 1.807) is 13.0 Å². The van der Waals surface area contributed by atoms with Gasteiger partial charge in [0.25, 0.3) is 11.6 Å². The molecule has 3 rings (SSSR count). The number of aryl methyl sites for hydroxylation is 1. The van der Waals surface area contributed by atoms with Gasteiger partial charge in [0.2, 0.25) is 0 Å². The molecular weight excluding hydrogens is 348 g/mol. The average molecular weight is 366 g/mol. The number of non-ortho nitro benzene ring substituents is 1. The molecule has 1 heterocycles. The average Bonchev–Trinajstić information content (AvgIpc) is 2.61. The zero-order valence-electron chi connectivity index (χ0n) is 14.8. The molecule has 0 fully saturated rings. The molecule has 2 aromatic carbocycles. The van der Waals surface area contributed by atoms with Crippen molar-refractivity contribution < 1.29 is 14.5 Å². The molecule has 1 unspecified atom stereocenters. The molecule has 138 valence electrons. The van der Waals surface area contributed by atoms with E-state index in [0.29, 0.717) is 17.0 Å². The lowest BCUT2D eigenvalue weighted by atomic mass is 9.94. The van der Waals surface area contributed by atoms with Crippen LogP contribution in [-0.2, 0) is 4.79 Å². The first-order valence-electron chi connectivity index (χ1n) is 8.26. The number of amides is 3. The summed E-state index contributed by atoms with van der Waals surface area (Å²) in [4.78, 5) is 35.2. The van der Waals surface area contributed by atoms with Crippen molar-refractivity contribution in [3.63, 3.8) is 0 Å². The van der Waals surface area contributed by atoms with Crippen LogP contribution in [0.5, 0.6) is 0 Å². The van der Waals surface area contributed by atoms with Crippen molar-refractivity contribution in [1.29, 1.82) is 0 Å². The fourth-order valence-corrected chi connectivity index (χ4v) is 2.99. The van der Waals surface area contributed by atoms with Gasteiger partial charge in [0.05, 0.1) is 16.5 Å². The first-order valence-corrected chi connectivity index (χ1v) is 8.26. The largest absolute Gasteiger partial charge is 0.327 e. The van der Waals surface area contributed by atoms with Crippen molar-refractivity contribution in [3.8, 4) is 0 Å². The van der Waals surface area contributed by atoms with Crippen LogP contribution in [0.1, 0.15) is 24.1 Å². The number of nitro groups is 1. The predicted molar refractivity (Wildman–Crippen MR) is 100 cm³/mol. The Balaban J connectivity index is 1.94. The summed E-state index contributed by atoms with van der Waals surface area (Å²) in [7, 11) is 0. The van der Waals surface area contributed by atoms with Crippen molar-refractivity contribution >= 4 is 23.3 Å². The summed E-state index contributed by atoms with van der Waals surface area (Å²) >= 11 is 0. The SMILES string of the molecule is CC1=C(C(=O)Nc2cccc([N+](=O)[O-])c2)C(c2cccc(C)c2)NC(=O)N1. The fraction of sp³-hybridized carbons (Fsp3) is 0.158. The lowest BCUT2D eigenvalue weighted by molar-refractivity contribution is -0.384. The summed E-state index contributed by atoms with van der Waals surface area (Å²) in [6, 6.07) is 12.2. The Morgan fingerprint density at radius 1 is 1.15 bits per heavy atom. The standard InChI is InChI=1S/C19H18N4O4/c1-11-5-3-6-13(9-11)17-16(12(2)20-19(25)22-17)18(24)21-14-7-4-8-15(10-14)23(26)27/h3-10,17H,1-2H3,(H,21,24)(H2,20,22,25). The maximum absolute atomic E-state index is 12.9. The van der Waals surface area contributed by atoms with Crippen LogP contribution in [0.15, 0.2) is 59.8 Å². The minimum absolute atomic E-state index is 0.121. The van der Waals surface area contributed by atoms with Gasteiger partial charge in [-0.15, -0.1) is 0 Å². The number of nitro benzene ring substituents is 1. The summed E-state index contributed by atoms with van der Waals surface area (Å²) in [6.45, 7) is 3.57. The highest BCUT2D eigenvalue weighted by Crippen LogP contribution is 2.28. The van der Waals surface area contributed by atoms with E-state index in [-0.39, 0.29) is 5.69 Å². The van der Waals surface area contributed by atoms with Crippen molar-refractivity contribution in [2.45, 2.75) is 19.9 Å². The molecule has 0 saturated carbocycles. The topological polar surface area (TPSA) is 113 Å². The number of hydrogen-bond donors (Lipinski definition) is 3. The van der Waals surface area contributed by atoms with Crippen LogP contribution in [0, 0.1) is 17.0 Å². The quantitative estimate of drug-likeness (QED) is 0.570. The van der Waals surface area contributed by atoms with Gasteiger partial charge in [0.1, 0.15) is 0 Å². The van der Waals surface area contributed by atoms with Gasteiger partial charge in [-0.25, -0.2) is 4.79 Å². The van der Waals surface area contributed by atoms with Gasteiger partial charge in [0, 0.05) is 23.5 Å². The van der Waals surface area contributed by atoms with E-state index in [4.69, 9.17) is 0 Å². The first-order chi connectivity index (χ1) is 12.8. The Bertz CT molecular complexity index is 968. The van der Waals surface area contributed by atoms with Crippen LogP contribution in [0.2, 0.25) is 0 Å². The molecule has 3 amide bonds. The first kappa shape index (κ1) is 18.1. The number of nitrogens with one attached hydrogen (secondary N) is 3. The van der Waals surface area contributed by atoms with Crippen molar-refractivity contribution in [3.05, 3.63) is 81.0 Å². The molecule has 1 aliphatic rings. The van der Waals surface area contributed by atoms with Gasteiger partial charge in [-0.05, 0) is 25.5 Å². The summed E-state index contributed by atoms with van der Waals surface area (Å²) in [5.41, 5.74) is 2.71. The van der Waals surface area contributed by atoms with Crippen LogP contribution < -0.4 is 16.0 Å². The monoisotopic (exact) mass is 366 g/mol. The molecule has 0 aromatic heterocycles. The minimum atomic E-state index is -0.627. The highest BCUT2D eigenvalue weighted by Gasteiger charge is 2.31. The molecule has 0 spiro atoms. The van der Waals surface area contributed by atoms with E-state index in [1.807, 2.05) is 31.2 Å². The van der Waals surface area contributed by atoms with Crippen LogP contribution >= 0.6 is 0 Å². The zero-order valence-corrected chi connectivity index (χ0v) is 14.8.